The van der Waals surface area contributed by atoms with Crippen LogP contribution in [0, 0.1) is 0 Å². The van der Waals surface area contributed by atoms with Gasteiger partial charge in [0.1, 0.15) is 0 Å². The highest BCUT2D eigenvalue weighted by atomic mass is 16.5. The summed E-state index contributed by atoms with van der Waals surface area (Å²) in [6.45, 7) is 4.44. The van der Waals surface area contributed by atoms with Gasteiger partial charge >= 0.3 is 12.1 Å². The van der Waals surface area contributed by atoms with Crippen LogP contribution in [0.15, 0.2) is 30.3 Å². The van der Waals surface area contributed by atoms with Crippen molar-refractivity contribution in [3.05, 3.63) is 30.3 Å². The molecule has 0 saturated carbocycles. The lowest BCUT2D eigenvalue weighted by atomic mass is 10.1. The molecule has 1 N–H and O–H groups in total. The zero-order chi connectivity index (χ0) is 18.4. The second-order valence-electron chi connectivity index (χ2n) is 6.87. The Kier molecular flexibility index (Phi) is 6.20. The van der Waals surface area contributed by atoms with Gasteiger partial charge in [-0.05, 0) is 31.4 Å². The number of carbonyl (C=O) groups excluding carboxylic acids is 2. The molecular formula is C19H28N4O3. The second-order valence-corrected chi connectivity index (χ2v) is 6.87. The largest absolute Gasteiger partial charge is 0.453 e. The highest BCUT2D eigenvalue weighted by molar-refractivity contribution is 5.75. The molecule has 1 atom stereocenters. The van der Waals surface area contributed by atoms with E-state index in [-0.39, 0.29) is 18.2 Å². The molecule has 7 nitrogen and oxygen atoms in total. The van der Waals surface area contributed by atoms with Crippen molar-refractivity contribution < 1.29 is 14.3 Å². The molecule has 0 bridgehead atoms. The van der Waals surface area contributed by atoms with Crippen LogP contribution in [0.2, 0.25) is 0 Å². The number of hydrogen-bond acceptors (Lipinski definition) is 4. The number of likely N-dealkylation sites (tertiary alicyclic amines) is 1. The van der Waals surface area contributed by atoms with Crippen LogP contribution in [0.4, 0.5) is 15.3 Å². The smallest absolute Gasteiger partial charge is 0.409 e. The number of ether oxygens (including phenoxy) is 1. The minimum atomic E-state index is -0.322. The average molecular weight is 360 g/mol. The zero-order valence-electron chi connectivity index (χ0n) is 15.4. The van der Waals surface area contributed by atoms with E-state index in [0.29, 0.717) is 19.6 Å². The van der Waals surface area contributed by atoms with E-state index in [2.05, 4.69) is 22.3 Å². The number of rotatable bonds is 2. The first-order chi connectivity index (χ1) is 12.7. The van der Waals surface area contributed by atoms with Gasteiger partial charge in [-0.1, -0.05) is 18.2 Å². The molecule has 0 radical (unpaired) electrons. The number of para-hydroxylation sites is 1. The van der Waals surface area contributed by atoms with Gasteiger partial charge in [0.25, 0.3) is 0 Å². The van der Waals surface area contributed by atoms with E-state index >= 15 is 0 Å². The molecule has 2 saturated heterocycles. The summed E-state index contributed by atoms with van der Waals surface area (Å²) in [6.07, 6.45) is 2.39. The van der Waals surface area contributed by atoms with Crippen molar-refractivity contribution in [2.24, 2.45) is 0 Å². The number of amides is 3. The van der Waals surface area contributed by atoms with Crippen molar-refractivity contribution >= 4 is 17.8 Å². The maximum absolute atomic E-state index is 12.7. The minimum Gasteiger partial charge on any atom is -0.453 e. The van der Waals surface area contributed by atoms with Gasteiger partial charge < -0.3 is 24.8 Å². The monoisotopic (exact) mass is 360 g/mol. The van der Waals surface area contributed by atoms with Crippen LogP contribution in [0.5, 0.6) is 0 Å². The van der Waals surface area contributed by atoms with Crippen LogP contribution in [-0.2, 0) is 4.74 Å². The van der Waals surface area contributed by atoms with E-state index in [1.165, 1.54) is 12.8 Å². The van der Waals surface area contributed by atoms with E-state index in [0.717, 1.165) is 38.9 Å². The predicted octanol–water partition coefficient (Wildman–Crippen LogP) is 2.14. The number of nitrogens with zero attached hydrogens (tertiary/aromatic N) is 3. The SMILES string of the molecule is COC(=O)N1CCCC(NC(=O)N2CCCN(c3ccccc3)CC2)C1. The normalized spacial score (nSPS) is 21.1. The van der Waals surface area contributed by atoms with Crippen molar-refractivity contribution in [2.75, 3.05) is 51.3 Å². The van der Waals surface area contributed by atoms with Gasteiger partial charge in [0.15, 0.2) is 0 Å². The van der Waals surface area contributed by atoms with E-state index < -0.39 is 0 Å². The number of benzene rings is 1. The molecule has 2 fully saturated rings. The standard InChI is InChI=1S/C19H28N4O3/c1-26-19(25)23-10-5-7-16(15-23)20-18(24)22-12-6-11-21(13-14-22)17-8-3-2-4-9-17/h2-4,8-9,16H,5-7,10-15H2,1H3,(H,20,24). The number of piperidine rings is 1. The number of hydrogen-bond donors (Lipinski definition) is 1. The molecule has 2 heterocycles. The lowest BCUT2D eigenvalue weighted by Gasteiger charge is -2.33. The first-order valence-electron chi connectivity index (χ1n) is 9.35. The quantitative estimate of drug-likeness (QED) is 0.878. The van der Waals surface area contributed by atoms with Gasteiger partial charge in [0.2, 0.25) is 0 Å². The van der Waals surface area contributed by atoms with Crippen LogP contribution in [-0.4, -0.2) is 74.3 Å². The van der Waals surface area contributed by atoms with E-state index in [1.807, 2.05) is 23.1 Å². The molecule has 1 unspecified atom stereocenters. The molecule has 1 aromatic rings. The van der Waals surface area contributed by atoms with Crippen molar-refractivity contribution in [3.8, 4) is 0 Å². The summed E-state index contributed by atoms with van der Waals surface area (Å²) in [5.74, 6) is 0. The molecule has 7 heteroatoms. The maximum Gasteiger partial charge on any atom is 0.409 e. The third-order valence-corrected chi connectivity index (χ3v) is 5.09. The fraction of sp³-hybridized carbons (Fsp3) is 0.579. The number of urea groups is 1. The third kappa shape index (κ3) is 4.59. The predicted molar refractivity (Wildman–Crippen MR) is 100 cm³/mol. The number of anilines is 1. The Bertz CT molecular complexity index is 610. The summed E-state index contributed by atoms with van der Waals surface area (Å²) in [4.78, 5) is 30.2. The average Bonchev–Trinajstić information content (AvgIpc) is 2.94. The van der Waals surface area contributed by atoms with Gasteiger partial charge in [0, 0.05) is 51.0 Å². The molecule has 0 spiro atoms. The van der Waals surface area contributed by atoms with Crippen LogP contribution >= 0.6 is 0 Å². The van der Waals surface area contributed by atoms with Gasteiger partial charge in [-0.25, -0.2) is 9.59 Å². The molecule has 0 aromatic heterocycles. The van der Waals surface area contributed by atoms with Gasteiger partial charge in [-0.3, -0.25) is 0 Å². The molecule has 2 aliphatic rings. The fourth-order valence-electron chi connectivity index (χ4n) is 3.67. The molecule has 3 amide bonds. The van der Waals surface area contributed by atoms with E-state index in [9.17, 15) is 9.59 Å². The Hall–Kier alpha value is -2.44. The Morgan fingerprint density at radius 3 is 2.54 bits per heavy atom. The maximum atomic E-state index is 12.7. The second kappa shape index (κ2) is 8.78. The van der Waals surface area contributed by atoms with Crippen molar-refractivity contribution in [2.45, 2.75) is 25.3 Å². The molecule has 2 aliphatic heterocycles. The molecule has 0 aliphatic carbocycles. The molecular weight excluding hydrogens is 332 g/mol. The number of methoxy groups -OCH3 is 1. The highest BCUT2D eigenvalue weighted by Gasteiger charge is 2.27. The summed E-state index contributed by atoms with van der Waals surface area (Å²) in [7, 11) is 1.39. The number of nitrogens with one attached hydrogen (secondary N) is 1. The van der Waals surface area contributed by atoms with Crippen molar-refractivity contribution in [1.29, 1.82) is 0 Å². The van der Waals surface area contributed by atoms with E-state index in [4.69, 9.17) is 4.74 Å². The van der Waals surface area contributed by atoms with Gasteiger partial charge in [-0.15, -0.1) is 0 Å². The highest BCUT2D eigenvalue weighted by Crippen LogP contribution is 2.16. The van der Waals surface area contributed by atoms with E-state index in [1.54, 1.807) is 4.90 Å². The Balaban J connectivity index is 1.51. The Labute approximate surface area is 154 Å². The van der Waals surface area contributed by atoms with Gasteiger partial charge in [-0.2, -0.15) is 0 Å². The van der Waals surface area contributed by atoms with Crippen molar-refractivity contribution in [1.82, 2.24) is 15.1 Å². The summed E-state index contributed by atoms with van der Waals surface area (Å²) < 4.78 is 4.79. The first kappa shape index (κ1) is 18.4. The van der Waals surface area contributed by atoms with Crippen molar-refractivity contribution in [3.63, 3.8) is 0 Å². The van der Waals surface area contributed by atoms with Crippen LogP contribution in [0.25, 0.3) is 0 Å². The number of carbonyl (C=O) groups is 2. The van der Waals surface area contributed by atoms with Crippen LogP contribution in [0.3, 0.4) is 0 Å². The third-order valence-electron chi connectivity index (χ3n) is 5.09. The molecule has 26 heavy (non-hydrogen) atoms. The summed E-state index contributed by atoms with van der Waals surface area (Å²) in [6, 6.07) is 10.3. The van der Waals surface area contributed by atoms with Crippen LogP contribution in [0.1, 0.15) is 19.3 Å². The molecule has 142 valence electrons. The molecule has 3 rings (SSSR count). The minimum absolute atomic E-state index is 0.0103. The summed E-state index contributed by atoms with van der Waals surface area (Å²) in [5.41, 5.74) is 1.20. The Morgan fingerprint density at radius 1 is 1.00 bits per heavy atom. The topological polar surface area (TPSA) is 65.1 Å². The summed E-state index contributed by atoms with van der Waals surface area (Å²) >= 11 is 0. The lowest BCUT2D eigenvalue weighted by Crippen LogP contribution is -2.53. The lowest BCUT2D eigenvalue weighted by molar-refractivity contribution is 0.106. The first-order valence-corrected chi connectivity index (χ1v) is 9.35. The Morgan fingerprint density at radius 2 is 1.77 bits per heavy atom. The molecule has 1 aromatic carbocycles. The zero-order valence-corrected chi connectivity index (χ0v) is 15.4. The summed E-state index contributed by atoms with van der Waals surface area (Å²) in [5, 5.41) is 3.10. The van der Waals surface area contributed by atoms with Crippen LogP contribution < -0.4 is 10.2 Å². The van der Waals surface area contributed by atoms with Gasteiger partial charge in [0.05, 0.1) is 7.11 Å². The fourth-order valence-corrected chi connectivity index (χ4v) is 3.67.